The van der Waals surface area contributed by atoms with Crippen LogP contribution < -0.4 is 5.43 Å². The topological polar surface area (TPSA) is 46.4 Å². The summed E-state index contributed by atoms with van der Waals surface area (Å²) in [7, 11) is 0. The van der Waals surface area contributed by atoms with Crippen LogP contribution in [0, 0.1) is 17.4 Å². The lowest BCUT2D eigenvalue weighted by Gasteiger charge is -2.10. The van der Waals surface area contributed by atoms with Gasteiger partial charge in [-0.05, 0) is 78.9 Å². The molecule has 0 aliphatic heterocycles. The maximum absolute atomic E-state index is 12.2. The molecule has 5 heteroatoms. The SMILES string of the molecule is Cc1ccc(C)n1-c1ccc(C(=O)N/N=C\c2ccccc2I)cc1. The van der Waals surface area contributed by atoms with Gasteiger partial charge < -0.3 is 4.57 Å². The number of rotatable bonds is 4. The average molecular weight is 443 g/mol. The van der Waals surface area contributed by atoms with Crippen molar-refractivity contribution in [3.05, 3.63) is 86.7 Å². The van der Waals surface area contributed by atoms with E-state index in [4.69, 9.17) is 0 Å². The number of amides is 1. The Morgan fingerprint density at radius 1 is 1.00 bits per heavy atom. The van der Waals surface area contributed by atoms with E-state index in [1.165, 1.54) is 0 Å². The van der Waals surface area contributed by atoms with Crippen molar-refractivity contribution < 1.29 is 4.79 Å². The Labute approximate surface area is 160 Å². The molecule has 1 heterocycles. The van der Waals surface area contributed by atoms with Gasteiger partial charge in [0.2, 0.25) is 0 Å². The molecule has 0 spiro atoms. The highest BCUT2D eigenvalue weighted by atomic mass is 127. The number of carbonyl (C=O) groups is 1. The molecule has 0 fully saturated rings. The summed E-state index contributed by atoms with van der Waals surface area (Å²) >= 11 is 2.24. The molecule has 0 aliphatic rings. The lowest BCUT2D eigenvalue weighted by molar-refractivity contribution is 0.0955. The van der Waals surface area contributed by atoms with E-state index in [1.54, 1.807) is 6.21 Å². The molecule has 0 atom stereocenters. The summed E-state index contributed by atoms with van der Waals surface area (Å²) in [5.74, 6) is -0.227. The van der Waals surface area contributed by atoms with Crippen LogP contribution in [0.5, 0.6) is 0 Å². The fourth-order valence-electron chi connectivity index (χ4n) is 2.64. The van der Waals surface area contributed by atoms with Crippen molar-refractivity contribution in [1.82, 2.24) is 9.99 Å². The number of nitrogens with zero attached hydrogens (tertiary/aromatic N) is 2. The highest BCUT2D eigenvalue weighted by molar-refractivity contribution is 14.1. The molecule has 0 aliphatic carbocycles. The zero-order valence-electron chi connectivity index (χ0n) is 14.0. The van der Waals surface area contributed by atoms with E-state index in [9.17, 15) is 4.79 Å². The summed E-state index contributed by atoms with van der Waals surface area (Å²) in [6.45, 7) is 4.13. The van der Waals surface area contributed by atoms with Gasteiger partial charge in [-0.3, -0.25) is 4.79 Å². The first kappa shape index (κ1) is 17.4. The third kappa shape index (κ3) is 3.99. The molecule has 1 aromatic heterocycles. The minimum atomic E-state index is -0.227. The normalized spacial score (nSPS) is 11.0. The first-order chi connectivity index (χ1) is 12.1. The Morgan fingerprint density at radius 3 is 2.28 bits per heavy atom. The van der Waals surface area contributed by atoms with E-state index < -0.39 is 0 Å². The Bertz CT molecular complexity index is 907. The number of aryl methyl sites for hydroxylation is 2. The van der Waals surface area contributed by atoms with Crippen molar-refractivity contribution in [3.8, 4) is 5.69 Å². The standard InChI is InChI=1S/C20H18IN3O/c1-14-7-8-15(2)24(14)18-11-9-16(10-12-18)20(25)23-22-13-17-5-3-4-6-19(17)21/h3-13H,1-2H3,(H,23,25)/b22-13-. The van der Waals surface area contributed by atoms with Crippen molar-refractivity contribution in [2.75, 3.05) is 0 Å². The second kappa shape index (κ2) is 7.65. The van der Waals surface area contributed by atoms with Crippen LogP contribution >= 0.6 is 22.6 Å². The van der Waals surface area contributed by atoms with Gasteiger partial charge in [-0.1, -0.05) is 18.2 Å². The minimum absolute atomic E-state index is 0.227. The third-order valence-corrected chi connectivity index (χ3v) is 4.92. The molecular formula is C20H18IN3O. The molecule has 3 rings (SSSR count). The number of hydrogen-bond donors (Lipinski definition) is 1. The van der Waals surface area contributed by atoms with Crippen molar-refractivity contribution in [2.45, 2.75) is 13.8 Å². The van der Waals surface area contributed by atoms with Gasteiger partial charge in [0.25, 0.3) is 5.91 Å². The molecule has 25 heavy (non-hydrogen) atoms. The fraction of sp³-hybridized carbons (Fsp3) is 0.100. The van der Waals surface area contributed by atoms with Crippen molar-refractivity contribution in [3.63, 3.8) is 0 Å². The van der Waals surface area contributed by atoms with Crippen LogP contribution in [0.3, 0.4) is 0 Å². The maximum Gasteiger partial charge on any atom is 0.271 e. The van der Waals surface area contributed by atoms with Gasteiger partial charge in [0.15, 0.2) is 0 Å². The number of benzene rings is 2. The number of hydrogen-bond acceptors (Lipinski definition) is 2. The summed E-state index contributed by atoms with van der Waals surface area (Å²) in [6, 6.07) is 19.5. The van der Waals surface area contributed by atoms with E-state index >= 15 is 0 Å². The second-order valence-corrected chi connectivity index (χ2v) is 6.88. The van der Waals surface area contributed by atoms with Gasteiger partial charge in [-0.15, -0.1) is 0 Å². The van der Waals surface area contributed by atoms with Crippen LogP contribution in [0.4, 0.5) is 0 Å². The van der Waals surface area contributed by atoms with Crippen molar-refractivity contribution >= 4 is 34.7 Å². The fourth-order valence-corrected chi connectivity index (χ4v) is 3.17. The summed E-state index contributed by atoms with van der Waals surface area (Å²) in [5, 5.41) is 4.04. The molecule has 2 aromatic carbocycles. The summed E-state index contributed by atoms with van der Waals surface area (Å²) in [4.78, 5) is 12.2. The van der Waals surface area contributed by atoms with Gasteiger partial charge in [0, 0.05) is 31.8 Å². The molecule has 1 N–H and O–H groups in total. The highest BCUT2D eigenvalue weighted by Crippen LogP contribution is 2.17. The third-order valence-electron chi connectivity index (χ3n) is 3.93. The average Bonchev–Trinajstić information content (AvgIpc) is 2.95. The number of aromatic nitrogens is 1. The first-order valence-electron chi connectivity index (χ1n) is 7.89. The van der Waals surface area contributed by atoms with Gasteiger partial charge >= 0.3 is 0 Å². The lowest BCUT2D eigenvalue weighted by atomic mass is 10.2. The van der Waals surface area contributed by atoms with E-state index in [0.717, 1.165) is 26.2 Å². The molecule has 126 valence electrons. The Hall–Kier alpha value is -2.41. The molecule has 4 nitrogen and oxygen atoms in total. The van der Waals surface area contributed by atoms with E-state index in [-0.39, 0.29) is 5.91 Å². The molecule has 1 amide bonds. The van der Waals surface area contributed by atoms with E-state index in [1.807, 2.05) is 48.5 Å². The van der Waals surface area contributed by atoms with Gasteiger partial charge in [0.1, 0.15) is 0 Å². The minimum Gasteiger partial charge on any atom is -0.319 e. The highest BCUT2D eigenvalue weighted by Gasteiger charge is 2.07. The monoisotopic (exact) mass is 443 g/mol. The van der Waals surface area contributed by atoms with Crippen LogP contribution in [0.15, 0.2) is 65.8 Å². The predicted molar refractivity (Wildman–Crippen MR) is 109 cm³/mol. The summed E-state index contributed by atoms with van der Waals surface area (Å²) < 4.78 is 3.23. The number of carbonyl (C=O) groups excluding carboxylic acids is 1. The van der Waals surface area contributed by atoms with E-state index in [0.29, 0.717) is 5.56 Å². The molecular weight excluding hydrogens is 425 g/mol. The van der Waals surface area contributed by atoms with Gasteiger partial charge in [-0.2, -0.15) is 5.10 Å². The molecule has 0 radical (unpaired) electrons. The summed E-state index contributed by atoms with van der Waals surface area (Å²) in [5.41, 5.74) is 7.48. The van der Waals surface area contributed by atoms with Crippen LogP contribution in [-0.2, 0) is 0 Å². The van der Waals surface area contributed by atoms with Crippen molar-refractivity contribution in [2.24, 2.45) is 5.10 Å². The summed E-state index contributed by atoms with van der Waals surface area (Å²) in [6.07, 6.45) is 1.65. The van der Waals surface area contributed by atoms with Crippen LogP contribution in [-0.4, -0.2) is 16.7 Å². The van der Waals surface area contributed by atoms with E-state index in [2.05, 4.69) is 63.7 Å². The quantitative estimate of drug-likeness (QED) is 0.361. The zero-order chi connectivity index (χ0) is 17.8. The Morgan fingerprint density at radius 2 is 1.64 bits per heavy atom. The second-order valence-electron chi connectivity index (χ2n) is 5.72. The molecule has 0 bridgehead atoms. The predicted octanol–water partition coefficient (Wildman–Crippen LogP) is 4.46. The zero-order valence-corrected chi connectivity index (χ0v) is 16.2. The van der Waals surface area contributed by atoms with Crippen molar-refractivity contribution in [1.29, 1.82) is 0 Å². The van der Waals surface area contributed by atoms with Crippen LogP contribution in [0.1, 0.15) is 27.3 Å². The lowest BCUT2D eigenvalue weighted by Crippen LogP contribution is -2.17. The smallest absolute Gasteiger partial charge is 0.271 e. The van der Waals surface area contributed by atoms with Gasteiger partial charge in [-0.25, -0.2) is 5.43 Å². The number of halogens is 1. The van der Waals surface area contributed by atoms with Crippen LogP contribution in [0.2, 0.25) is 0 Å². The Kier molecular flexibility index (Phi) is 5.33. The molecule has 3 aromatic rings. The first-order valence-corrected chi connectivity index (χ1v) is 8.97. The number of hydrazone groups is 1. The number of nitrogens with one attached hydrogen (secondary N) is 1. The molecule has 0 saturated heterocycles. The largest absolute Gasteiger partial charge is 0.319 e. The maximum atomic E-state index is 12.2. The van der Waals surface area contributed by atoms with Gasteiger partial charge in [0.05, 0.1) is 6.21 Å². The Balaban J connectivity index is 1.70. The molecule has 0 unspecified atom stereocenters. The van der Waals surface area contributed by atoms with Crippen LogP contribution in [0.25, 0.3) is 5.69 Å². The molecule has 0 saturated carbocycles.